The Kier molecular flexibility index (Phi) is 3.24. The standard InChI is InChI=1S/C17H18N2O2/c1-10-4-6-13-14(8-10)18-12(3)19(17(13)21)15-7-5-11(2)9-16(15)20/h4,6,8,15H,2,5,7,9H2,1,3H3. The lowest BCUT2D eigenvalue weighted by Crippen LogP contribution is -2.34. The molecule has 1 aromatic heterocycles. The molecule has 1 aliphatic carbocycles. The molecule has 0 bridgehead atoms. The van der Waals surface area contributed by atoms with E-state index in [-0.39, 0.29) is 11.3 Å². The topological polar surface area (TPSA) is 52.0 Å². The van der Waals surface area contributed by atoms with E-state index in [1.807, 2.05) is 19.1 Å². The molecule has 1 unspecified atom stereocenters. The van der Waals surface area contributed by atoms with Crippen molar-refractivity contribution in [1.82, 2.24) is 9.55 Å². The van der Waals surface area contributed by atoms with Gasteiger partial charge in [0.1, 0.15) is 5.82 Å². The SMILES string of the molecule is C=C1CCC(n2c(C)nc3cc(C)ccc3c2=O)C(=O)C1. The molecule has 3 rings (SSSR count). The summed E-state index contributed by atoms with van der Waals surface area (Å²) >= 11 is 0. The van der Waals surface area contributed by atoms with Crippen LogP contribution in [-0.4, -0.2) is 15.3 Å². The molecule has 1 fully saturated rings. The molecule has 4 nitrogen and oxygen atoms in total. The van der Waals surface area contributed by atoms with Gasteiger partial charge in [0, 0.05) is 6.42 Å². The lowest BCUT2D eigenvalue weighted by atomic mass is 9.90. The Morgan fingerprint density at radius 3 is 2.76 bits per heavy atom. The molecule has 1 aliphatic rings. The predicted molar refractivity (Wildman–Crippen MR) is 82.5 cm³/mol. The van der Waals surface area contributed by atoms with Gasteiger partial charge in [-0.15, -0.1) is 0 Å². The van der Waals surface area contributed by atoms with Gasteiger partial charge in [0.25, 0.3) is 5.56 Å². The number of benzene rings is 1. The number of nitrogens with zero attached hydrogens (tertiary/aromatic N) is 2. The molecule has 0 saturated heterocycles. The van der Waals surface area contributed by atoms with Gasteiger partial charge >= 0.3 is 0 Å². The summed E-state index contributed by atoms with van der Waals surface area (Å²) in [5.41, 5.74) is 2.59. The molecule has 0 spiro atoms. The zero-order valence-corrected chi connectivity index (χ0v) is 12.3. The van der Waals surface area contributed by atoms with Crippen LogP contribution in [0.3, 0.4) is 0 Å². The van der Waals surface area contributed by atoms with Gasteiger partial charge in [-0.25, -0.2) is 4.98 Å². The largest absolute Gasteiger partial charge is 0.297 e. The van der Waals surface area contributed by atoms with Gasteiger partial charge < -0.3 is 0 Å². The predicted octanol–water partition coefficient (Wildman–Crippen LogP) is 2.86. The summed E-state index contributed by atoms with van der Waals surface area (Å²) in [6.07, 6.45) is 1.79. The normalized spacial score (nSPS) is 19.2. The average molecular weight is 282 g/mol. The highest BCUT2D eigenvalue weighted by Crippen LogP contribution is 2.28. The van der Waals surface area contributed by atoms with Crippen LogP contribution in [0.2, 0.25) is 0 Å². The number of ketones is 1. The first kappa shape index (κ1) is 13.7. The number of carbonyl (C=O) groups is 1. The molecule has 1 atom stereocenters. The number of aryl methyl sites for hydroxylation is 2. The third-order valence-corrected chi connectivity index (χ3v) is 4.11. The van der Waals surface area contributed by atoms with E-state index in [4.69, 9.17) is 0 Å². The van der Waals surface area contributed by atoms with Gasteiger partial charge in [0.15, 0.2) is 5.78 Å². The first-order chi connectivity index (χ1) is 9.97. The number of allylic oxidation sites excluding steroid dienone is 1. The Bertz CT molecular complexity index is 817. The second-order valence-corrected chi connectivity index (χ2v) is 5.80. The fraction of sp³-hybridized carbons (Fsp3) is 0.353. The highest BCUT2D eigenvalue weighted by atomic mass is 16.1. The Hall–Kier alpha value is -2.23. The minimum absolute atomic E-state index is 0.0599. The molecule has 108 valence electrons. The third kappa shape index (κ3) is 2.31. The van der Waals surface area contributed by atoms with Crippen molar-refractivity contribution < 1.29 is 4.79 Å². The number of rotatable bonds is 1. The van der Waals surface area contributed by atoms with Crippen molar-refractivity contribution >= 4 is 16.7 Å². The van der Waals surface area contributed by atoms with Gasteiger partial charge in [-0.1, -0.05) is 18.2 Å². The minimum atomic E-state index is -0.402. The Morgan fingerprint density at radius 2 is 2.05 bits per heavy atom. The van der Waals surface area contributed by atoms with Crippen LogP contribution in [0.5, 0.6) is 0 Å². The molecule has 0 aliphatic heterocycles. The molecular formula is C17H18N2O2. The molecule has 0 N–H and O–H groups in total. The van der Waals surface area contributed by atoms with Crippen molar-refractivity contribution in [2.24, 2.45) is 0 Å². The zero-order chi connectivity index (χ0) is 15.1. The van der Waals surface area contributed by atoms with Crippen LogP contribution in [0.15, 0.2) is 35.1 Å². The Labute approximate surface area is 123 Å². The van der Waals surface area contributed by atoms with Crippen LogP contribution in [0, 0.1) is 13.8 Å². The number of carbonyl (C=O) groups excluding carboxylic acids is 1. The van der Waals surface area contributed by atoms with Gasteiger partial charge in [0.2, 0.25) is 0 Å². The molecular weight excluding hydrogens is 264 g/mol. The van der Waals surface area contributed by atoms with Crippen molar-refractivity contribution in [1.29, 1.82) is 0 Å². The van der Waals surface area contributed by atoms with E-state index in [0.29, 0.717) is 29.6 Å². The van der Waals surface area contributed by atoms with E-state index in [2.05, 4.69) is 11.6 Å². The summed E-state index contributed by atoms with van der Waals surface area (Å²) in [5.74, 6) is 0.661. The molecule has 0 amide bonds. The quantitative estimate of drug-likeness (QED) is 0.756. The summed E-state index contributed by atoms with van der Waals surface area (Å²) in [6.45, 7) is 7.64. The molecule has 1 heterocycles. The summed E-state index contributed by atoms with van der Waals surface area (Å²) in [5, 5.41) is 0.573. The van der Waals surface area contributed by atoms with Crippen molar-refractivity contribution in [3.05, 3.63) is 52.1 Å². The first-order valence-corrected chi connectivity index (χ1v) is 7.16. The van der Waals surface area contributed by atoms with Gasteiger partial charge in [0.05, 0.1) is 16.9 Å². The summed E-state index contributed by atoms with van der Waals surface area (Å²) in [6, 6.07) is 5.19. The maximum Gasteiger partial charge on any atom is 0.262 e. The fourth-order valence-corrected chi connectivity index (χ4v) is 3.01. The molecule has 4 heteroatoms. The van der Waals surface area contributed by atoms with E-state index in [1.54, 1.807) is 17.6 Å². The summed E-state index contributed by atoms with van der Waals surface area (Å²) in [7, 11) is 0. The van der Waals surface area contributed by atoms with E-state index in [0.717, 1.165) is 17.6 Å². The molecule has 21 heavy (non-hydrogen) atoms. The van der Waals surface area contributed by atoms with Crippen LogP contribution < -0.4 is 5.56 Å². The van der Waals surface area contributed by atoms with E-state index in [1.165, 1.54) is 0 Å². The van der Waals surface area contributed by atoms with E-state index < -0.39 is 6.04 Å². The first-order valence-electron chi connectivity index (χ1n) is 7.16. The second kappa shape index (κ2) is 4.95. The maximum atomic E-state index is 12.7. The second-order valence-electron chi connectivity index (χ2n) is 5.80. The molecule has 1 aromatic carbocycles. The number of aromatic nitrogens is 2. The van der Waals surface area contributed by atoms with Crippen molar-refractivity contribution in [3.63, 3.8) is 0 Å². The summed E-state index contributed by atoms with van der Waals surface area (Å²) in [4.78, 5) is 29.5. The third-order valence-electron chi connectivity index (χ3n) is 4.11. The molecule has 2 aromatic rings. The van der Waals surface area contributed by atoms with Crippen LogP contribution in [-0.2, 0) is 4.79 Å². The van der Waals surface area contributed by atoms with Gasteiger partial charge in [-0.05, 0) is 44.4 Å². The van der Waals surface area contributed by atoms with E-state index >= 15 is 0 Å². The smallest absolute Gasteiger partial charge is 0.262 e. The molecule has 1 saturated carbocycles. The minimum Gasteiger partial charge on any atom is -0.297 e. The van der Waals surface area contributed by atoms with Crippen molar-refractivity contribution in [2.75, 3.05) is 0 Å². The molecule has 0 radical (unpaired) electrons. The number of Topliss-reactive ketones (excluding diaryl/α,β-unsaturated/α-hetero) is 1. The van der Waals surface area contributed by atoms with E-state index in [9.17, 15) is 9.59 Å². The van der Waals surface area contributed by atoms with Crippen LogP contribution in [0.25, 0.3) is 10.9 Å². The van der Waals surface area contributed by atoms with Crippen molar-refractivity contribution in [3.8, 4) is 0 Å². The fourth-order valence-electron chi connectivity index (χ4n) is 3.01. The number of hydrogen-bond acceptors (Lipinski definition) is 3. The number of fused-ring (bicyclic) bond motifs is 1. The van der Waals surface area contributed by atoms with Crippen LogP contribution in [0.1, 0.15) is 36.7 Å². The van der Waals surface area contributed by atoms with Gasteiger partial charge in [-0.2, -0.15) is 0 Å². The number of hydrogen-bond donors (Lipinski definition) is 0. The Balaban J connectivity index is 2.19. The van der Waals surface area contributed by atoms with Crippen molar-refractivity contribution in [2.45, 2.75) is 39.2 Å². The summed E-state index contributed by atoms with van der Waals surface area (Å²) < 4.78 is 1.56. The Morgan fingerprint density at radius 1 is 1.29 bits per heavy atom. The maximum absolute atomic E-state index is 12.7. The highest BCUT2D eigenvalue weighted by molar-refractivity contribution is 5.86. The highest BCUT2D eigenvalue weighted by Gasteiger charge is 2.28. The zero-order valence-electron chi connectivity index (χ0n) is 12.3. The lowest BCUT2D eigenvalue weighted by molar-refractivity contribution is -0.122. The monoisotopic (exact) mass is 282 g/mol. The van der Waals surface area contributed by atoms with Crippen LogP contribution in [0.4, 0.5) is 0 Å². The van der Waals surface area contributed by atoms with Gasteiger partial charge in [-0.3, -0.25) is 14.2 Å². The lowest BCUT2D eigenvalue weighted by Gasteiger charge is -2.25. The van der Waals surface area contributed by atoms with Crippen LogP contribution >= 0.6 is 0 Å². The average Bonchev–Trinajstić information content (AvgIpc) is 2.40.